The second-order valence-electron chi connectivity index (χ2n) is 10.9. The third-order valence-corrected chi connectivity index (χ3v) is 8.38. The zero-order valence-corrected chi connectivity index (χ0v) is 25.8. The lowest BCUT2D eigenvalue weighted by Crippen LogP contribution is -2.48. The minimum absolute atomic E-state index is 0.0914. The Bertz CT molecular complexity index is 1320. The van der Waals surface area contributed by atoms with Crippen LogP contribution in [0.25, 0.3) is 0 Å². The van der Waals surface area contributed by atoms with Gasteiger partial charge in [-0.2, -0.15) is 0 Å². The largest absolute Gasteiger partial charge is 0.493 e. The highest BCUT2D eigenvalue weighted by Crippen LogP contribution is 2.35. The van der Waals surface area contributed by atoms with E-state index in [1.54, 1.807) is 20.3 Å². The smallest absolute Gasteiger partial charge is 0.253 e. The van der Waals surface area contributed by atoms with Gasteiger partial charge < -0.3 is 24.6 Å². The summed E-state index contributed by atoms with van der Waals surface area (Å²) in [6.45, 7) is 11.5. The highest BCUT2D eigenvalue weighted by Gasteiger charge is 2.28. The number of benzene rings is 1. The predicted molar refractivity (Wildman–Crippen MR) is 164 cm³/mol. The molecule has 2 aromatic heterocycles. The first-order valence-corrected chi connectivity index (χ1v) is 14.6. The van der Waals surface area contributed by atoms with Gasteiger partial charge in [0.15, 0.2) is 11.5 Å². The molecular formula is C32H42ClN5O3. The van der Waals surface area contributed by atoms with E-state index in [1.807, 2.05) is 32.3 Å². The number of hydrogen-bond acceptors (Lipinski definition) is 7. The summed E-state index contributed by atoms with van der Waals surface area (Å²) >= 11 is 6.03. The van der Waals surface area contributed by atoms with Gasteiger partial charge in [-0.25, -0.2) is 4.98 Å². The van der Waals surface area contributed by atoms with Crippen LogP contribution in [0, 0.1) is 20.8 Å². The number of carbonyl (C=O) groups excluding carboxylic acids is 1. The van der Waals surface area contributed by atoms with Crippen LogP contribution in [0.4, 0.5) is 5.69 Å². The summed E-state index contributed by atoms with van der Waals surface area (Å²) in [5.41, 5.74) is 5.68. The van der Waals surface area contributed by atoms with Gasteiger partial charge in [-0.05, 0) is 87.9 Å². The molecule has 1 N–H and O–H groups in total. The Hall–Kier alpha value is -3.36. The molecule has 0 saturated carbocycles. The number of carbonyl (C=O) groups is 1. The van der Waals surface area contributed by atoms with Crippen LogP contribution in [0.15, 0.2) is 42.7 Å². The number of likely N-dealkylation sites (tertiary alicyclic amines) is 1. The van der Waals surface area contributed by atoms with Crippen molar-refractivity contribution in [2.24, 2.45) is 0 Å². The number of anilines is 1. The third-order valence-electron chi connectivity index (χ3n) is 8.19. The second-order valence-corrected chi connectivity index (χ2v) is 11.2. The summed E-state index contributed by atoms with van der Waals surface area (Å²) in [7, 11) is 3.34. The fourth-order valence-electron chi connectivity index (χ4n) is 5.71. The van der Waals surface area contributed by atoms with Gasteiger partial charge in [0.2, 0.25) is 0 Å². The molecule has 1 fully saturated rings. The van der Waals surface area contributed by atoms with E-state index in [0.717, 1.165) is 61.6 Å². The molecule has 1 atom stereocenters. The molecule has 1 saturated heterocycles. The Kier molecular flexibility index (Phi) is 10.5. The first-order chi connectivity index (χ1) is 19.7. The number of piperidine rings is 1. The lowest BCUT2D eigenvalue weighted by atomic mass is 9.98. The number of aromatic nitrogens is 2. The van der Waals surface area contributed by atoms with Crippen molar-refractivity contribution >= 4 is 23.2 Å². The second kappa shape index (κ2) is 14.0. The van der Waals surface area contributed by atoms with Crippen LogP contribution in [0.1, 0.15) is 58.9 Å². The zero-order chi connectivity index (χ0) is 29.5. The summed E-state index contributed by atoms with van der Waals surface area (Å²) in [5, 5.41) is 3.50. The van der Waals surface area contributed by atoms with E-state index in [-0.39, 0.29) is 5.91 Å². The van der Waals surface area contributed by atoms with Gasteiger partial charge in [-0.1, -0.05) is 11.6 Å². The molecule has 0 unspecified atom stereocenters. The molecule has 1 amide bonds. The fourth-order valence-corrected chi connectivity index (χ4v) is 6.00. The number of nitrogens with one attached hydrogen (secondary N) is 1. The average Bonchev–Trinajstić information content (AvgIpc) is 2.96. The van der Waals surface area contributed by atoms with E-state index in [1.165, 1.54) is 11.1 Å². The molecule has 9 heteroatoms. The SMILES string of the molecule is COc1ccc(N(Cc2cnccc2C)C2CCN([C@H](C)CCNC(=O)c3c(C)cc(Cl)nc3C)CC2)cc1OC. The fraction of sp³-hybridized carbons (Fsp3) is 0.469. The highest BCUT2D eigenvalue weighted by molar-refractivity contribution is 6.29. The molecule has 0 radical (unpaired) electrons. The molecule has 0 bridgehead atoms. The number of pyridine rings is 2. The lowest BCUT2D eigenvalue weighted by molar-refractivity contribution is 0.0943. The topological polar surface area (TPSA) is 79.8 Å². The number of amides is 1. The molecule has 3 heterocycles. The van der Waals surface area contributed by atoms with Crippen molar-refractivity contribution in [3.63, 3.8) is 0 Å². The van der Waals surface area contributed by atoms with Crippen molar-refractivity contribution in [1.29, 1.82) is 0 Å². The molecular weight excluding hydrogens is 538 g/mol. The Labute approximate surface area is 249 Å². The number of aryl methyl sites for hydroxylation is 3. The van der Waals surface area contributed by atoms with Crippen molar-refractivity contribution in [1.82, 2.24) is 20.2 Å². The van der Waals surface area contributed by atoms with Crippen molar-refractivity contribution in [3.05, 3.63) is 75.8 Å². The summed E-state index contributed by atoms with van der Waals surface area (Å²) in [5.74, 6) is 1.36. The predicted octanol–water partition coefficient (Wildman–Crippen LogP) is 5.75. The van der Waals surface area contributed by atoms with Crippen LogP contribution in [0.2, 0.25) is 5.15 Å². The van der Waals surface area contributed by atoms with Crippen LogP contribution in [0.3, 0.4) is 0 Å². The van der Waals surface area contributed by atoms with Crippen LogP contribution in [-0.2, 0) is 6.54 Å². The first-order valence-electron chi connectivity index (χ1n) is 14.3. The van der Waals surface area contributed by atoms with Crippen molar-refractivity contribution < 1.29 is 14.3 Å². The van der Waals surface area contributed by atoms with Crippen LogP contribution in [-0.4, -0.2) is 66.7 Å². The molecule has 1 aromatic carbocycles. The maximum Gasteiger partial charge on any atom is 0.253 e. The first kappa shape index (κ1) is 30.6. The standard InChI is InChI=1S/C32H42ClN5O3/c1-21-9-13-34-19-25(21)20-38(27-7-8-28(40-5)29(18-27)41-6)26-11-15-37(16-12-26)23(3)10-14-35-32(39)31-22(2)17-30(33)36-24(31)4/h7-9,13,17-19,23,26H,10-12,14-16,20H2,1-6H3,(H,35,39)/t23-/m1/s1. The molecule has 4 rings (SSSR count). The van der Waals surface area contributed by atoms with Gasteiger partial charge in [0.25, 0.3) is 5.91 Å². The summed E-state index contributed by atoms with van der Waals surface area (Å²) in [6, 6.07) is 10.7. The van der Waals surface area contributed by atoms with E-state index in [4.69, 9.17) is 21.1 Å². The molecule has 0 aliphatic carbocycles. The van der Waals surface area contributed by atoms with Gasteiger partial charge >= 0.3 is 0 Å². The number of methoxy groups -OCH3 is 2. The normalized spacial score (nSPS) is 14.9. The average molecular weight is 580 g/mol. The summed E-state index contributed by atoms with van der Waals surface area (Å²) < 4.78 is 11.1. The van der Waals surface area contributed by atoms with E-state index < -0.39 is 0 Å². The van der Waals surface area contributed by atoms with Crippen LogP contribution < -0.4 is 19.7 Å². The van der Waals surface area contributed by atoms with E-state index in [0.29, 0.717) is 35.0 Å². The van der Waals surface area contributed by atoms with Gasteiger partial charge in [-0.3, -0.25) is 9.78 Å². The van der Waals surface area contributed by atoms with Gasteiger partial charge in [-0.15, -0.1) is 0 Å². The maximum absolute atomic E-state index is 12.8. The Balaban J connectivity index is 1.38. The Morgan fingerprint density at radius 2 is 1.83 bits per heavy atom. The summed E-state index contributed by atoms with van der Waals surface area (Å²) in [4.78, 5) is 26.5. The molecule has 1 aliphatic rings. The number of rotatable bonds is 11. The molecule has 220 valence electrons. The van der Waals surface area contributed by atoms with Gasteiger partial charge in [0.05, 0.1) is 25.5 Å². The maximum atomic E-state index is 12.8. The number of halogens is 1. The molecule has 8 nitrogen and oxygen atoms in total. The quantitative estimate of drug-likeness (QED) is 0.290. The number of hydrogen-bond donors (Lipinski definition) is 1. The minimum Gasteiger partial charge on any atom is -0.493 e. The zero-order valence-electron chi connectivity index (χ0n) is 25.0. The van der Waals surface area contributed by atoms with Crippen molar-refractivity contribution in [2.45, 2.75) is 65.6 Å². The van der Waals surface area contributed by atoms with Gasteiger partial charge in [0, 0.05) is 62.4 Å². The number of ether oxygens (including phenoxy) is 2. The Morgan fingerprint density at radius 3 is 2.49 bits per heavy atom. The monoisotopic (exact) mass is 579 g/mol. The molecule has 3 aromatic rings. The minimum atomic E-state index is -0.0914. The molecule has 41 heavy (non-hydrogen) atoms. The molecule has 0 spiro atoms. The van der Waals surface area contributed by atoms with Crippen LogP contribution in [0.5, 0.6) is 11.5 Å². The van der Waals surface area contributed by atoms with E-state index in [9.17, 15) is 4.79 Å². The van der Waals surface area contributed by atoms with Gasteiger partial charge in [0.1, 0.15) is 5.15 Å². The molecule has 1 aliphatic heterocycles. The number of nitrogens with zero attached hydrogens (tertiary/aromatic N) is 4. The Morgan fingerprint density at radius 1 is 1.10 bits per heavy atom. The summed E-state index contributed by atoms with van der Waals surface area (Å²) in [6.07, 6.45) is 6.77. The third kappa shape index (κ3) is 7.49. The van der Waals surface area contributed by atoms with Crippen molar-refractivity contribution in [2.75, 3.05) is 38.8 Å². The van der Waals surface area contributed by atoms with Crippen LogP contribution >= 0.6 is 11.6 Å². The lowest BCUT2D eigenvalue weighted by Gasteiger charge is -2.42. The highest BCUT2D eigenvalue weighted by atomic mass is 35.5. The van der Waals surface area contributed by atoms with E-state index in [2.05, 4.69) is 57.1 Å². The van der Waals surface area contributed by atoms with Crippen molar-refractivity contribution in [3.8, 4) is 11.5 Å². The van der Waals surface area contributed by atoms with E-state index >= 15 is 0 Å².